The van der Waals surface area contributed by atoms with E-state index in [9.17, 15) is 9.18 Å². The maximum Gasteiger partial charge on any atom is 0.256 e. The highest BCUT2D eigenvalue weighted by molar-refractivity contribution is 6.31. The number of carbonyl (C=O) groups excluding carboxylic acids is 1. The van der Waals surface area contributed by atoms with Gasteiger partial charge in [0.05, 0.1) is 5.56 Å². The largest absolute Gasteiger partial charge is 0.338 e. The van der Waals surface area contributed by atoms with Gasteiger partial charge in [0.25, 0.3) is 5.91 Å². The van der Waals surface area contributed by atoms with Crippen LogP contribution >= 0.6 is 11.6 Å². The number of nitrogens with zero attached hydrogens (tertiary/aromatic N) is 1. The third-order valence-corrected chi connectivity index (χ3v) is 3.30. The van der Waals surface area contributed by atoms with Crippen molar-refractivity contribution in [1.82, 2.24) is 4.90 Å². The number of amides is 1. The molecule has 17 heavy (non-hydrogen) atoms. The van der Waals surface area contributed by atoms with E-state index in [0.717, 1.165) is 6.42 Å². The van der Waals surface area contributed by atoms with Crippen molar-refractivity contribution in [1.29, 1.82) is 0 Å². The summed E-state index contributed by atoms with van der Waals surface area (Å²) in [6.07, 6.45) is 0.879. The van der Waals surface area contributed by atoms with Crippen molar-refractivity contribution in [2.45, 2.75) is 6.42 Å². The predicted octanol–water partition coefficient (Wildman–Crippen LogP) is 1.90. The summed E-state index contributed by atoms with van der Waals surface area (Å²) in [5, 5.41) is 0.365. The van der Waals surface area contributed by atoms with Gasteiger partial charge >= 0.3 is 0 Å². The van der Waals surface area contributed by atoms with Crippen molar-refractivity contribution < 1.29 is 9.18 Å². The zero-order valence-corrected chi connectivity index (χ0v) is 10.1. The van der Waals surface area contributed by atoms with Gasteiger partial charge in [0.15, 0.2) is 0 Å². The molecule has 1 atom stereocenters. The van der Waals surface area contributed by atoms with Gasteiger partial charge in [-0.05, 0) is 37.1 Å². The third-order valence-electron chi connectivity index (χ3n) is 3.07. The highest BCUT2D eigenvalue weighted by atomic mass is 35.5. The van der Waals surface area contributed by atoms with Gasteiger partial charge < -0.3 is 10.6 Å². The van der Waals surface area contributed by atoms with Crippen molar-refractivity contribution in [3.63, 3.8) is 0 Å². The maximum absolute atomic E-state index is 13.5. The van der Waals surface area contributed by atoms with E-state index in [4.69, 9.17) is 17.3 Å². The van der Waals surface area contributed by atoms with Gasteiger partial charge in [-0.1, -0.05) is 11.6 Å². The third kappa shape index (κ3) is 2.58. The van der Waals surface area contributed by atoms with E-state index < -0.39 is 5.82 Å². The van der Waals surface area contributed by atoms with Gasteiger partial charge in [-0.15, -0.1) is 0 Å². The summed E-state index contributed by atoms with van der Waals surface area (Å²) in [5.41, 5.74) is 5.59. The summed E-state index contributed by atoms with van der Waals surface area (Å²) in [4.78, 5) is 13.7. The molecule has 1 aromatic carbocycles. The summed E-state index contributed by atoms with van der Waals surface area (Å²) in [6, 6.07) is 4.02. The van der Waals surface area contributed by atoms with Crippen LogP contribution in [0.2, 0.25) is 5.02 Å². The van der Waals surface area contributed by atoms with Crippen LogP contribution in [0.1, 0.15) is 16.8 Å². The molecule has 1 heterocycles. The molecule has 1 amide bonds. The Kier molecular flexibility index (Phi) is 3.64. The molecule has 2 N–H and O–H groups in total. The lowest BCUT2D eigenvalue weighted by molar-refractivity contribution is 0.0783. The van der Waals surface area contributed by atoms with Crippen LogP contribution in [0.4, 0.5) is 4.39 Å². The van der Waals surface area contributed by atoms with E-state index in [1.54, 1.807) is 4.90 Å². The average molecular weight is 257 g/mol. The lowest BCUT2D eigenvalue weighted by Gasteiger charge is -2.16. The summed E-state index contributed by atoms with van der Waals surface area (Å²) < 4.78 is 13.5. The molecule has 0 unspecified atom stereocenters. The van der Waals surface area contributed by atoms with E-state index in [0.29, 0.717) is 30.6 Å². The van der Waals surface area contributed by atoms with Crippen LogP contribution in [0.25, 0.3) is 0 Å². The van der Waals surface area contributed by atoms with Crippen molar-refractivity contribution in [2.75, 3.05) is 19.6 Å². The van der Waals surface area contributed by atoms with Crippen molar-refractivity contribution in [3.8, 4) is 0 Å². The molecule has 1 aliphatic heterocycles. The maximum atomic E-state index is 13.5. The van der Waals surface area contributed by atoms with Gasteiger partial charge in [0.2, 0.25) is 0 Å². The second kappa shape index (κ2) is 5.02. The fourth-order valence-corrected chi connectivity index (χ4v) is 2.21. The molecule has 0 radical (unpaired) electrons. The average Bonchev–Trinajstić information content (AvgIpc) is 2.80. The van der Waals surface area contributed by atoms with E-state index in [-0.39, 0.29) is 11.5 Å². The van der Waals surface area contributed by atoms with Crippen LogP contribution < -0.4 is 5.73 Å². The van der Waals surface area contributed by atoms with Gasteiger partial charge in [-0.3, -0.25) is 4.79 Å². The van der Waals surface area contributed by atoms with Crippen molar-refractivity contribution in [3.05, 3.63) is 34.6 Å². The Morgan fingerprint density at radius 1 is 1.59 bits per heavy atom. The normalized spacial score (nSPS) is 19.7. The Morgan fingerprint density at radius 3 is 3.00 bits per heavy atom. The molecule has 2 rings (SSSR count). The van der Waals surface area contributed by atoms with E-state index in [2.05, 4.69) is 0 Å². The molecule has 0 aromatic heterocycles. The Balaban J connectivity index is 2.17. The topological polar surface area (TPSA) is 46.3 Å². The summed E-state index contributed by atoms with van der Waals surface area (Å²) >= 11 is 5.77. The number of halogens is 2. The first-order valence-corrected chi connectivity index (χ1v) is 5.94. The molecule has 0 saturated carbocycles. The van der Waals surface area contributed by atoms with Crippen molar-refractivity contribution in [2.24, 2.45) is 11.7 Å². The summed E-state index contributed by atoms with van der Waals surface area (Å²) in [5.74, 6) is -0.516. The molecule has 3 nitrogen and oxygen atoms in total. The second-order valence-corrected chi connectivity index (χ2v) is 4.70. The molecule has 1 saturated heterocycles. The Labute approximate surface area is 104 Å². The number of rotatable bonds is 2. The number of nitrogens with two attached hydrogens (primary N) is 1. The van der Waals surface area contributed by atoms with E-state index in [1.807, 2.05) is 0 Å². The van der Waals surface area contributed by atoms with Gasteiger partial charge in [0, 0.05) is 18.1 Å². The monoisotopic (exact) mass is 256 g/mol. The first-order chi connectivity index (χ1) is 8.11. The zero-order valence-electron chi connectivity index (χ0n) is 9.33. The molecular weight excluding hydrogens is 243 g/mol. The number of carbonyl (C=O) groups is 1. The molecular formula is C12H14ClFN2O. The minimum absolute atomic E-state index is 0.0372. The molecule has 0 spiro atoms. The Hall–Kier alpha value is -1.13. The van der Waals surface area contributed by atoms with Crippen LogP contribution in [0, 0.1) is 11.7 Å². The van der Waals surface area contributed by atoms with Crippen LogP contribution in [-0.2, 0) is 0 Å². The minimum Gasteiger partial charge on any atom is -0.338 e. The smallest absolute Gasteiger partial charge is 0.256 e. The van der Waals surface area contributed by atoms with Crippen LogP contribution in [0.5, 0.6) is 0 Å². The van der Waals surface area contributed by atoms with E-state index in [1.165, 1.54) is 18.2 Å². The Morgan fingerprint density at radius 2 is 2.35 bits per heavy atom. The highest BCUT2D eigenvalue weighted by Gasteiger charge is 2.27. The first-order valence-electron chi connectivity index (χ1n) is 5.56. The van der Waals surface area contributed by atoms with Crippen LogP contribution in [0.15, 0.2) is 18.2 Å². The lowest BCUT2D eigenvalue weighted by atomic mass is 10.1. The van der Waals surface area contributed by atoms with Crippen LogP contribution in [-0.4, -0.2) is 30.4 Å². The molecule has 1 aromatic rings. The fourth-order valence-electron chi connectivity index (χ4n) is 2.04. The predicted molar refractivity (Wildman–Crippen MR) is 64.5 cm³/mol. The van der Waals surface area contributed by atoms with Gasteiger partial charge in [-0.2, -0.15) is 0 Å². The number of likely N-dealkylation sites (tertiary alicyclic amines) is 1. The van der Waals surface area contributed by atoms with Crippen LogP contribution in [0.3, 0.4) is 0 Å². The quantitative estimate of drug-likeness (QED) is 0.879. The molecule has 0 bridgehead atoms. The molecule has 92 valence electrons. The number of benzene rings is 1. The molecule has 1 aliphatic rings. The van der Waals surface area contributed by atoms with Gasteiger partial charge in [0.1, 0.15) is 5.82 Å². The number of hydrogen-bond donors (Lipinski definition) is 1. The fraction of sp³-hybridized carbons (Fsp3) is 0.417. The van der Waals surface area contributed by atoms with E-state index >= 15 is 0 Å². The standard InChI is InChI=1S/C12H14ClFN2O/c13-9-1-2-11(14)10(5-9)12(17)16-4-3-8(6-15)7-16/h1-2,5,8H,3-4,6-7,15H2/t8-/m1/s1. The minimum atomic E-state index is -0.532. The summed E-state index contributed by atoms with van der Waals surface area (Å²) in [7, 11) is 0. The molecule has 0 aliphatic carbocycles. The molecule has 1 fully saturated rings. The SMILES string of the molecule is NC[C@H]1CCN(C(=O)c2cc(Cl)ccc2F)C1. The van der Waals surface area contributed by atoms with Crippen molar-refractivity contribution >= 4 is 17.5 Å². The molecule has 5 heteroatoms. The highest BCUT2D eigenvalue weighted by Crippen LogP contribution is 2.21. The summed E-state index contributed by atoms with van der Waals surface area (Å²) in [6.45, 7) is 1.79. The first kappa shape index (κ1) is 12.3. The zero-order chi connectivity index (χ0) is 12.4. The van der Waals surface area contributed by atoms with Gasteiger partial charge in [-0.25, -0.2) is 4.39 Å². The lowest BCUT2D eigenvalue weighted by Crippen LogP contribution is -2.30. The Bertz CT molecular complexity index is 439. The second-order valence-electron chi connectivity index (χ2n) is 4.27. The number of hydrogen-bond acceptors (Lipinski definition) is 2.